The Kier molecular flexibility index (Phi) is 6.18. The van der Waals surface area contributed by atoms with Gasteiger partial charge in [-0.3, -0.25) is 0 Å². The number of nitrogens with zero attached hydrogens (tertiary/aromatic N) is 4. The highest BCUT2D eigenvalue weighted by Crippen LogP contribution is 2.34. The Labute approximate surface area is 179 Å². The number of hydrogen-bond acceptors (Lipinski definition) is 5. The summed E-state index contributed by atoms with van der Waals surface area (Å²) in [4.78, 5) is 10.4. The van der Waals surface area contributed by atoms with Crippen LogP contribution in [0, 0.1) is 11.5 Å². The standard InChI is InChI=1S/C21H25ClN4O2S/c1-20(2,3)17-11-26(12-21(27)8-5-9-21)19(29-17)25-18(24-13-23)15-10-14(22)6-7-16(15)28-4/h6-7,10-11,27H,5,8-9,12H2,1-4H3/b24-18?,25-19-. The average molecular weight is 433 g/mol. The number of nitriles is 1. The van der Waals surface area contributed by atoms with Gasteiger partial charge in [0.25, 0.3) is 0 Å². The smallest absolute Gasteiger partial charge is 0.207 e. The number of rotatable bonds is 4. The quantitative estimate of drug-likeness (QED) is 0.445. The molecule has 0 bridgehead atoms. The summed E-state index contributed by atoms with van der Waals surface area (Å²) in [5, 5.41) is 20.4. The first kappa shape index (κ1) is 21.6. The SMILES string of the molecule is COc1ccc(Cl)cc1C(=NC#N)/N=c1\sc(C(C)(C)C)cn1CC1(O)CCC1. The van der Waals surface area contributed by atoms with E-state index in [1.54, 1.807) is 25.3 Å². The molecule has 6 nitrogen and oxygen atoms in total. The Morgan fingerprint density at radius 3 is 2.69 bits per heavy atom. The molecule has 0 unspecified atom stereocenters. The van der Waals surface area contributed by atoms with Crippen LogP contribution < -0.4 is 9.54 Å². The first-order chi connectivity index (χ1) is 13.6. The second-order valence-corrected chi connectivity index (χ2v) is 9.77. The van der Waals surface area contributed by atoms with Crippen molar-refractivity contribution in [3.05, 3.63) is 44.7 Å². The third kappa shape index (κ3) is 4.89. The highest BCUT2D eigenvalue weighted by atomic mass is 35.5. The van der Waals surface area contributed by atoms with E-state index in [2.05, 4.69) is 25.8 Å². The molecule has 3 rings (SSSR count). The molecular formula is C21H25ClN4O2S. The van der Waals surface area contributed by atoms with E-state index in [4.69, 9.17) is 21.3 Å². The Balaban J connectivity index is 2.16. The van der Waals surface area contributed by atoms with Crippen LogP contribution in [0.15, 0.2) is 34.4 Å². The lowest BCUT2D eigenvalue weighted by atomic mass is 9.80. The molecule has 1 aliphatic rings. The molecule has 1 aromatic heterocycles. The van der Waals surface area contributed by atoms with Crippen molar-refractivity contribution in [3.8, 4) is 11.9 Å². The van der Waals surface area contributed by atoms with Crippen LogP contribution >= 0.6 is 22.9 Å². The van der Waals surface area contributed by atoms with E-state index in [-0.39, 0.29) is 11.3 Å². The van der Waals surface area contributed by atoms with Crippen molar-refractivity contribution in [1.29, 1.82) is 5.26 Å². The number of aliphatic hydroxyl groups is 1. The lowest BCUT2D eigenvalue weighted by Crippen LogP contribution is -2.42. The van der Waals surface area contributed by atoms with Gasteiger partial charge in [-0.2, -0.15) is 15.2 Å². The van der Waals surface area contributed by atoms with Crippen LogP contribution in [0.2, 0.25) is 5.02 Å². The summed E-state index contributed by atoms with van der Waals surface area (Å²) < 4.78 is 7.38. The minimum absolute atomic E-state index is 0.0668. The lowest BCUT2D eigenvalue weighted by Gasteiger charge is -2.36. The summed E-state index contributed by atoms with van der Waals surface area (Å²) in [5.74, 6) is 0.757. The summed E-state index contributed by atoms with van der Waals surface area (Å²) in [7, 11) is 1.55. The van der Waals surface area contributed by atoms with E-state index in [0.29, 0.717) is 27.7 Å². The number of hydrogen-bond donors (Lipinski definition) is 1. The fourth-order valence-electron chi connectivity index (χ4n) is 3.13. The van der Waals surface area contributed by atoms with Gasteiger partial charge in [0.05, 0.1) is 24.8 Å². The Morgan fingerprint density at radius 1 is 1.41 bits per heavy atom. The number of aromatic nitrogens is 1. The molecule has 1 aromatic carbocycles. The van der Waals surface area contributed by atoms with Crippen LogP contribution in [-0.2, 0) is 12.0 Å². The van der Waals surface area contributed by atoms with Gasteiger partial charge in [0.2, 0.25) is 6.19 Å². The third-order valence-corrected chi connectivity index (χ3v) is 6.65. The van der Waals surface area contributed by atoms with Gasteiger partial charge in [0.15, 0.2) is 10.6 Å². The van der Waals surface area contributed by atoms with E-state index in [0.717, 1.165) is 24.1 Å². The van der Waals surface area contributed by atoms with Gasteiger partial charge in [-0.1, -0.05) is 32.4 Å². The number of halogens is 1. The number of aliphatic imine (C=N–C) groups is 1. The zero-order chi connectivity index (χ0) is 21.2. The molecule has 154 valence electrons. The number of methoxy groups -OCH3 is 1. The summed E-state index contributed by atoms with van der Waals surface area (Å²) >= 11 is 7.69. The van der Waals surface area contributed by atoms with Crippen LogP contribution in [0.1, 0.15) is 50.5 Å². The van der Waals surface area contributed by atoms with Crippen molar-refractivity contribution in [2.75, 3.05) is 7.11 Å². The Hall–Kier alpha value is -2.14. The molecule has 1 aliphatic carbocycles. The largest absolute Gasteiger partial charge is 0.496 e. The predicted octanol–water partition coefficient (Wildman–Crippen LogP) is 4.25. The van der Waals surface area contributed by atoms with E-state index < -0.39 is 5.60 Å². The fraction of sp³-hybridized carbons (Fsp3) is 0.476. The molecule has 0 spiro atoms. The van der Waals surface area contributed by atoms with E-state index in [1.807, 2.05) is 17.0 Å². The van der Waals surface area contributed by atoms with Gasteiger partial charge in [0, 0.05) is 16.1 Å². The third-order valence-electron chi connectivity index (χ3n) is 4.97. The van der Waals surface area contributed by atoms with Crippen molar-refractivity contribution in [2.45, 2.75) is 57.6 Å². The number of benzene rings is 1. The Bertz CT molecular complexity index is 1040. The first-order valence-corrected chi connectivity index (χ1v) is 10.6. The van der Waals surface area contributed by atoms with Crippen molar-refractivity contribution in [2.24, 2.45) is 9.98 Å². The van der Waals surface area contributed by atoms with Crippen molar-refractivity contribution < 1.29 is 9.84 Å². The van der Waals surface area contributed by atoms with Crippen LogP contribution in [-0.4, -0.2) is 28.2 Å². The number of thiazole rings is 1. The highest BCUT2D eigenvalue weighted by Gasteiger charge is 2.35. The zero-order valence-corrected chi connectivity index (χ0v) is 18.6. The van der Waals surface area contributed by atoms with Crippen LogP contribution in [0.5, 0.6) is 5.75 Å². The van der Waals surface area contributed by atoms with Crippen LogP contribution in [0.25, 0.3) is 0 Å². The first-order valence-electron chi connectivity index (χ1n) is 9.44. The molecule has 1 N–H and O–H groups in total. The second-order valence-electron chi connectivity index (χ2n) is 8.33. The van der Waals surface area contributed by atoms with Crippen LogP contribution in [0.3, 0.4) is 0 Å². The molecule has 29 heavy (non-hydrogen) atoms. The van der Waals surface area contributed by atoms with Crippen molar-refractivity contribution in [3.63, 3.8) is 0 Å². The molecule has 0 aliphatic heterocycles. The molecule has 1 heterocycles. The molecule has 0 saturated heterocycles. The number of amidine groups is 1. The van der Waals surface area contributed by atoms with Crippen molar-refractivity contribution >= 4 is 28.8 Å². The van der Waals surface area contributed by atoms with E-state index >= 15 is 0 Å². The predicted molar refractivity (Wildman–Crippen MR) is 116 cm³/mol. The topological polar surface area (TPSA) is 82.9 Å². The summed E-state index contributed by atoms with van der Waals surface area (Å²) in [5.41, 5.74) is -0.227. The molecule has 1 saturated carbocycles. The minimum atomic E-state index is -0.703. The molecule has 0 atom stereocenters. The summed E-state index contributed by atoms with van der Waals surface area (Å²) in [6, 6.07) is 5.12. The van der Waals surface area contributed by atoms with E-state index in [9.17, 15) is 10.4 Å². The lowest BCUT2D eigenvalue weighted by molar-refractivity contribution is -0.0478. The molecule has 8 heteroatoms. The maximum absolute atomic E-state index is 10.7. The van der Waals surface area contributed by atoms with Gasteiger partial charge in [0.1, 0.15) is 5.75 Å². The maximum Gasteiger partial charge on any atom is 0.207 e. The Morgan fingerprint density at radius 2 is 2.14 bits per heavy atom. The normalized spacial score (nSPS) is 17.0. The van der Waals surface area contributed by atoms with Crippen LogP contribution in [0.4, 0.5) is 0 Å². The monoisotopic (exact) mass is 432 g/mol. The average Bonchev–Trinajstić information content (AvgIpc) is 3.02. The summed E-state index contributed by atoms with van der Waals surface area (Å²) in [6.45, 7) is 6.87. The minimum Gasteiger partial charge on any atom is -0.496 e. The molecule has 0 amide bonds. The van der Waals surface area contributed by atoms with Crippen molar-refractivity contribution in [1.82, 2.24) is 4.57 Å². The zero-order valence-electron chi connectivity index (χ0n) is 17.1. The van der Waals surface area contributed by atoms with Gasteiger partial charge < -0.3 is 14.4 Å². The fourth-order valence-corrected chi connectivity index (χ4v) is 4.35. The maximum atomic E-state index is 10.7. The van der Waals surface area contributed by atoms with Gasteiger partial charge >= 0.3 is 0 Å². The second kappa shape index (κ2) is 8.31. The molecule has 0 radical (unpaired) electrons. The summed E-state index contributed by atoms with van der Waals surface area (Å²) in [6.07, 6.45) is 6.45. The number of ether oxygens (including phenoxy) is 1. The van der Waals surface area contributed by atoms with E-state index in [1.165, 1.54) is 11.3 Å². The highest BCUT2D eigenvalue weighted by molar-refractivity contribution is 7.09. The molecule has 1 fully saturated rings. The molecule has 2 aromatic rings. The molecular weight excluding hydrogens is 408 g/mol. The van der Waals surface area contributed by atoms with Gasteiger partial charge in [-0.15, -0.1) is 11.3 Å². The van der Waals surface area contributed by atoms with Gasteiger partial charge in [-0.25, -0.2) is 0 Å². The van der Waals surface area contributed by atoms with Gasteiger partial charge in [-0.05, 0) is 42.9 Å².